The molecule has 0 aromatic rings. The van der Waals surface area contributed by atoms with Crippen LogP contribution in [-0.4, -0.2) is 131 Å². The van der Waals surface area contributed by atoms with Crippen molar-refractivity contribution in [2.45, 2.75) is 178 Å². The molecule has 0 aromatic heterocycles. The zero-order valence-corrected chi connectivity index (χ0v) is 33.5. The monoisotopic (exact) mass is 802 g/mol. The zero-order chi connectivity index (χ0) is 39.6. The molecule has 1 spiro atoms. The standard InChI is InChI=1S/C39H62O15S/c1-17-9-12-39(48-16-17)18(2)28-26(53-39)15-25-23-8-7-21-13-22(54-55(45,46)47)14-27(38(21,6)24(23)10-11-37(25,28)5)51-36-34(32(43)30(41)20(4)50-36)52-35-33(44)31(42)29(40)19(3)49-35/h7,17-20,22-36,40-44H,8-16H2,1-6H3,(H,45,46,47)/t17?,18-,19-,20+,22-,23?,24?,25?,26-,27+,28-,29-,30-,31+,32-,33+,34+,35-,36-,37-,38-,39+/m0/s1. The quantitative estimate of drug-likeness (QED) is 0.168. The number of hydrogen-bond donors (Lipinski definition) is 6. The third-order valence-electron chi connectivity index (χ3n) is 15.8. The van der Waals surface area contributed by atoms with Gasteiger partial charge in [0.1, 0.15) is 36.6 Å². The molecule has 15 nitrogen and oxygen atoms in total. The molecular weight excluding hydrogens is 740 g/mol. The first-order valence-electron chi connectivity index (χ1n) is 20.5. The summed E-state index contributed by atoms with van der Waals surface area (Å²) >= 11 is 0. The predicted octanol–water partition coefficient (Wildman–Crippen LogP) is 2.22. The van der Waals surface area contributed by atoms with E-state index < -0.39 is 95.2 Å². The summed E-state index contributed by atoms with van der Waals surface area (Å²) in [6.45, 7) is 12.9. The van der Waals surface area contributed by atoms with E-state index in [0.29, 0.717) is 24.4 Å². The van der Waals surface area contributed by atoms with Gasteiger partial charge in [0.05, 0.1) is 37.1 Å². The molecule has 8 rings (SSSR count). The molecule has 4 saturated heterocycles. The Balaban J connectivity index is 1.09. The highest BCUT2D eigenvalue weighted by Gasteiger charge is 2.69. The highest BCUT2D eigenvalue weighted by atomic mass is 32.3. The lowest BCUT2D eigenvalue weighted by molar-refractivity contribution is -0.371. The van der Waals surface area contributed by atoms with Crippen LogP contribution >= 0.6 is 0 Å². The summed E-state index contributed by atoms with van der Waals surface area (Å²) in [5.74, 6) is 1.37. The molecule has 4 aliphatic heterocycles. The maximum absolute atomic E-state index is 12.0. The van der Waals surface area contributed by atoms with Crippen molar-refractivity contribution in [3.8, 4) is 0 Å². The summed E-state index contributed by atoms with van der Waals surface area (Å²) in [6.07, 6.45) is -7.29. The van der Waals surface area contributed by atoms with Gasteiger partial charge in [0.15, 0.2) is 18.4 Å². The van der Waals surface area contributed by atoms with E-state index in [1.165, 1.54) is 6.92 Å². The Hall–Kier alpha value is -0.830. The first kappa shape index (κ1) is 40.9. The van der Waals surface area contributed by atoms with Crippen LogP contribution in [0.2, 0.25) is 0 Å². The van der Waals surface area contributed by atoms with Crippen molar-refractivity contribution in [1.29, 1.82) is 0 Å². The molecule has 4 heterocycles. The number of allylic oxidation sites excluding steroid dienone is 1. The van der Waals surface area contributed by atoms with E-state index in [4.69, 9.17) is 32.6 Å². The minimum absolute atomic E-state index is 0.0295. The van der Waals surface area contributed by atoms with Gasteiger partial charge < -0.3 is 54.0 Å². The van der Waals surface area contributed by atoms with E-state index in [9.17, 15) is 38.5 Å². The van der Waals surface area contributed by atoms with Crippen LogP contribution in [0, 0.1) is 46.3 Å². The van der Waals surface area contributed by atoms with Gasteiger partial charge in [-0.05, 0) is 87.4 Å². The molecule has 16 heteroatoms. The van der Waals surface area contributed by atoms with E-state index in [-0.39, 0.29) is 42.1 Å². The van der Waals surface area contributed by atoms with Crippen LogP contribution in [0.4, 0.5) is 0 Å². The first-order chi connectivity index (χ1) is 25.8. The molecule has 8 aliphatic rings. The van der Waals surface area contributed by atoms with E-state index in [1.807, 2.05) is 0 Å². The van der Waals surface area contributed by atoms with Crippen LogP contribution in [0.15, 0.2) is 11.6 Å². The van der Waals surface area contributed by atoms with Crippen molar-refractivity contribution >= 4 is 10.4 Å². The van der Waals surface area contributed by atoms with Crippen molar-refractivity contribution < 1.29 is 71.1 Å². The van der Waals surface area contributed by atoms with Crippen molar-refractivity contribution in [3.05, 3.63) is 11.6 Å². The minimum atomic E-state index is -4.81. The molecule has 3 saturated carbocycles. The second-order valence-electron chi connectivity index (χ2n) is 18.8. The fraction of sp³-hybridized carbons (Fsp3) is 0.949. The number of aliphatic hydroxyl groups is 5. The third-order valence-corrected chi connectivity index (χ3v) is 16.4. The summed E-state index contributed by atoms with van der Waals surface area (Å²) in [5.41, 5.74) is 0.347. The minimum Gasteiger partial charge on any atom is -0.388 e. The lowest BCUT2D eigenvalue weighted by Gasteiger charge is -2.61. The average molecular weight is 803 g/mol. The van der Waals surface area contributed by atoms with E-state index in [2.05, 4.69) is 33.8 Å². The molecule has 0 amide bonds. The summed E-state index contributed by atoms with van der Waals surface area (Å²) in [7, 11) is -4.81. The first-order valence-corrected chi connectivity index (χ1v) is 21.8. The molecule has 4 aliphatic carbocycles. The lowest BCUT2D eigenvalue weighted by Crippen LogP contribution is -2.64. The van der Waals surface area contributed by atoms with E-state index in [0.717, 1.165) is 44.1 Å². The van der Waals surface area contributed by atoms with Gasteiger partial charge >= 0.3 is 10.4 Å². The number of hydrogen-bond acceptors (Lipinski definition) is 14. The fourth-order valence-electron chi connectivity index (χ4n) is 12.8. The summed E-state index contributed by atoms with van der Waals surface area (Å²) in [4.78, 5) is 0. The summed E-state index contributed by atoms with van der Waals surface area (Å²) in [6, 6.07) is 0. The normalized spacial score (nSPS) is 56.7. The highest BCUT2D eigenvalue weighted by Crippen LogP contribution is 2.71. The van der Waals surface area contributed by atoms with Crippen molar-refractivity contribution in [2.24, 2.45) is 46.3 Å². The molecular formula is C39H62O15S. The van der Waals surface area contributed by atoms with Gasteiger partial charge in [-0.25, -0.2) is 4.18 Å². The number of aliphatic hydroxyl groups excluding tert-OH is 5. The van der Waals surface area contributed by atoms with Gasteiger partial charge in [0.2, 0.25) is 0 Å². The molecule has 314 valence electrons. The van der Waals surface area contributed by atoms with Gasteiger partial charge in [0.25, 0.3) is 0 Å². The zero-order valence-electron chi connectivity index (χ0n) is 32.7. The maximum Gasteiger partial charge on any atom is 0.397 e. The lowest BCUT2D eigenvalue weighted by atomic mass is 9.46. The van der Waals surface area contributed by atoms with Crippen molar-refractivity contribution in [2.75, 3.05) is 6.61 Å². The second-order valence-corrected chi connectivity index (χ2v) is 19.9. The molecule has 4 unspecified atom stereocenters. The van der Waals surface area contributed by atoms with Gasteiger partial charge in [-0.3, -0.25) is 4.55 Å². The Morgan fingerprint density at radius 3 is 2.18 bits per heavy atom. The van der Waals surface area contributed by atoms with Gasteiger partial charge in [0, 0.05) is 24.2 Å². The van der Waals surface area contributed by atoms with Crippen molar-refractivity contribution in [3.63, 3.8) is 0 Å². The van der Waals surface area contributed by atoms with Crippen LogP contribution in [-0.2, 0) is 43.0 Å². The highest BCUT2D eigenvalue weighted by molar-refractivity contribution is 7.80. The van der Waals surface area contributed by atoms with Crippen LogP contribution in [0.3, 0.4) is 0 Å². The molecule has 0 aromatic carbocycles. The Labute approximate surface area is 323 Å². The Morgan fingerprint density at radius 1 is 0.818 bits per heavy atom. The SMILES string of the molecule is CC1CC[C@@]2(OC1)O[C@H]1CC3C4CC=C5C[C@H](OS(=O)(=O)O)C[C@@H](O[C@@H]6O[C@H](C)[C@H](O)[C@H](O)[C@H]6O[C@@H]6O[C@@H](C)[C@H](O)[C@@H](O)[C@H]6O)[C@]5(C)C4CC[C@]3(C)[C@H]1[C@@H]2C. The van der Waals surface area contributed by atoms with Gasteiger partial charge in [-0.2, -0.15) is 8.42 Å². The van der Waals surface area contributed by atoms with Crippen LogP contribution in [0.1, 0.15) is 92.9 Å². The molecule has 22 atom stereocenters. The Kier molecular flexibility index (Phi) is 10.7. The Bertz CT molecular complexity index is 1570. The third kappa shape index (κ3) is 6.70. The number of rotatable bonds is 6. The molecule has 0 radical (unpaired) electrons. The fourth-order valence-corrected chi connectivity index (χ4v) is 13.3. The number of ether oxygens (including phenoxy) is 6. The topological polar surface area (TPSA) is 220 Å². The average Bonchev–Trinajstić information content (AvgIpc) is 3.56. The second kappa shape index (κ2) is 14.4. The van der Waals surface area contributed by atoms with E-state index in [1.54, 1.807) is 6.92 Å². The number of fused-ring (bicyclic) bond motifs is 7. The van der Waals surface area contributed by atoms with E-state index >= 15 is 0 Å². The smallest absolute Gasteiger partial charge is 0.388 e. The van der Waals surface area contributed by atoms with Crippen LogP contribution in [0.25, 0.3) is 0 Å². The van der Waals surface area contributed by atoms with Crippen LogP contribution < -0.4 is 0 Å². The van der Waals surface area contributed by atoms with Crippen molar-refractivity contribution in [1.82, 2.24) is 0 Å². The maximum atomic E-state index is 12.0. The molecule has 6 N–H and O–H groups in total. The van der Waals surface area contributed by atoms with Gasteiger partial charge in [-0.15, -0.1) is 0 Å². The summed E-state index contributed by atoms with van der Waals surface area (Å²) < 4.78 is 77.3. The molecule has 55 heavy (non-hydrogen) atoms. The largest absolute Gasteiger partial charge is 0.397 e. The summed E-state index contributed by atoms with van der Waals surface area (Å²) in [5, 5.41) is 53.8. The van der Waals surface area contributed by atoms with Crippen LogP contribution in [0.5, 0.6) is 0 Å². The van der Waals surface area contributed by atoms with Gasteiger partial charge in [-0.1, -0.05) is 39.3 Å². The molecule has 0 bridgehead atoms. The Morgan fingerprint density at radius 2 is 1.51 bits per heavy atom. The molecule has 7 fully saturated rings. The predicted molar refractivity (Wildman–Crippen MR) is 192 cm³/mol.